The van der Waals surface area contributed by atoms with E-state index in [1.165, 1.54) is 0 Å². The standard InChI is InChI=1S/C10H12BrNO4/c1-6-5-7(11)16-9(6)10(15)12-4-2-3-8(13)14/h5H,2-4H2,1H3,(H,12,15)(H,13,14). The first-order valence-corrected chi connectivity index (χ1v) is 5.56. The highest BCUT2D eigenvalue weighted by Crippen LogP contribution is 2.19. The molecule has 0 aliphatic carbocycles. The second-order valence-corrected chi connectivity index (χ2v) is 4.10. The summed E-state index contributed by atoms with van der Waals surface area (Å²) in [5, 5.41) is 11.0. The average Bonchev–Trinajstić information content (AvgIpc) is 2.52. The van der Waals surface area contributed by atoms with Gasteiger partial charge in [0.05, 0.1) is 0 Å². The lowest BCUT2D eigenvalue weighted by Gasteiger charge is -2.02. The highest BCUT2D eigenvalue weighted by atomic mass is 79.9. The highest BCUT2D eigenvalue weighted by molar-refractivity contribution is 9.10. The number of nitrogens with one attached hydrogen (secondary N) is 1. The highest BCUT2D eigenvalue weighted by Gasteiger charge is 2.14. The van der Waals surface area contributed by atoms with Crippen LogP contribution in [-0.4, -0.2) is 23.5 Å². The van der Waals surface area contributed by atoms with E-state index >= 15 is 0 Å². The van der Waals surface area contributed by atoms with Gasteiger partial charge < -0.3 is 14.8 Å². The fourth-order valence-corrected chi connectivity index (χ4v) is 1.70. The Morgan fingerprint density at radius 1 is 1.56 bits per heavy atom. The Bertz CT molecular complexity index is 400. The number of rotatable bonds is 5. The summed E-state index contributed by atoms with van der Waals surface area (Å²) < 4.78 is 5.64. The van der Waals surface area contributed by atoms with E-state index in [0.717, 1.165) is 5.56 Å². The Balaban J connectivity index is 2.41. The van der Waals surface area contributed by atoms with Crippen molar-refractivity contribution in [1.29, 1.82) is 0 Å². The Morgan fingerprint density at radius 2 is 2.25 bits per heavy atom. The molecule has 0 atom stereocenters. The number of aliphatic carboxylic acids is 1. The molecule has 6 heteroatoms. The molecular formula is C10H12BrNO4. The van der Waals surface area contributed by atoms with Crippen LogP contribution in [0.3, 0.4) is 0 Å². The molecule has 0 aliphatic rings. The molecular weight excluding hydrogens is 278 g/mol. The molecule has 1 aromatic rings. The summed E-state index contributed by atoms with van der Waals surface area (Å²) in [6, 6.07) is 1.70. The molecule has 0 aliphatic heterocycles. The van der Waals surface area contributed by atoms with Gasteiger partial charge in [-0.3, -0.25) is 9.59 Å². The van der Waals surface area contributed by atoms with Crippen LogP contribution in [0.5, 0.6) is 0 Å². The second-order valence-electron chi connectivity index (χ2n) is 3.32. The van der Waals surface area contributed by atoms with Crippen LogP contribution >= 0.6 is 15.9 Å². The molecule has 1 amide bonds. The van der Waals surface area contributed by atoms with Crippen LogP contribution in [0, 0.1) is 6.92 Å². The van der Waals surface area contributed by atoms with E-state index in [-0.39, 0.29) is 18.1 Å². The van der Waals surface area contributed by atoms with E-state index < -0.39 is 5.97 Å². The quantitative estimate of drug-likeness (QED) is 0.812. The zero-order chi connectivity index (χ0) is 12.1. The van der Waals surface area contributed by atoms with Crippen molar-refractivity contribution in [2.45, 2.75) is 19.8 Å². The molecule has 5 nitrogen and oxygen atoms in total. The summed E-state index contributed by atoms with van der Waals surface area (Å²) in [5.41, 5.74) is 0.739. The third kappa shape index (κ3) is 3.69. The van der Waals surface area contributed by atoms with Crippen molar-refractivity contribution in [3.05, 3.63) is 22.1 Å². The molecule has 0 unspecified atom stereocenters. The van der Waals surface area contributed by atoms with Gasteiger partial charge in [-0.25, -0.2) is 0 Å². The van der Waals surface area contributed by atoms with E-state index in [1.807, 2.05) is 0 Å². The van der Waals surface area contributed by atoms with Crippen LogP contribution < -0.4 is 5.32 Å². The molecule has 16 heavy (non-hydrogen) atoms. The van der Waals surface area contributed by atoms with Crippen LogP contribution in [0.4, 0.5) is 0 Å². The molecule has 0 saturated carbocycles. The first kappa shape index (κ1) is 12.8. The van der Waals surface area contributed by atoms with Crippen LogP contribution in [0.15, 0.2) is 15.2 Å². The largest absolute Gasteiger partial charge is 0.481 e. The van der Waals surface area contributed by atoms with Crippen LogP contribution in [-0.2, 0) is 4.79 Å². The molecule has 1 rings (SSSR count). The minimum Gasteiger partial charge on any atom is -0.481 e. The normalized spacial score (nSPS) is 10.1. The van der Waals surface area contributed by atoms with Gasteiger partial charge in [-0.15, -0.1) is 0 Å². The summed E-state index contributed by atoms with van der Waals surface area (Å²) in [5.74, 6) is -0.943. The molecule has 0 bridgehead atoms. The number of halogens is 1. The Morgan fingerprint density at radius 3 is 2.75 bits per heavy atom. The van der Waals surface area contributed by atoms with Crippen molar-refractivity contribution in [3.63, 3.8) is 0 Å². The Kier molecular flexibility index (Phi) is 4.54. The number of carboxylic acids is 1. The smallest absolute Gasteiger partial charge is 0.303 e. The summed E-state index contributed by atoms with van der Waals surface area (Å²) >= 11 is 3.13. The third-order valence-electron chi connectivity index (χ3n) is 1.95. The fraction of sp³-hybridized carbons (Fsp3) is 0.400. The van der Waals surface area contributed by atoms with Gasteiger partial charge in [-0.1, -0.05) is 0 Å². The van der Waals surface area contributed by atoms with Gasteiger partial charge in [0.25, 0.3) is 5.91 Å². The lowest BCUT2D eigenvalue weighted by Crippen LogP contribution is -2.25. The number of aryl methyl sites for hydroxylation is 1. The van der Waals surface area contributed by atoms with E-state index in [1.54, 1.807) is 13.0 Å². The third-order valence-corrected chi connectivity index (χ3v) is 2.34. The molecule has 0 fully saturated rings. The molecule has 0 aromatic carbocycles. The van der Waals surface area contributed by atoms with E-state index in [2.05, 4.69) is 21.2 Å². The predicted molar refractivity (Wildman–Crippen MR) is 60.3 cm³/mol. The maximum atomic E-state index is 11.6. The van der Waals surface area contributed by atoms with Gasteiger partial charge >= 0.3 is 5.97 Å². The zero-order valence-electron chi connectivity index (χ0n) is 8.75. The van der Waals surface area contributed by atoms with Gasteiger partial charge in [-0.2, -0.15) is 0 Å². The SMILES string of the molecule is Cc1cc(Br)oc1C(=O)NCCCC(=O)O. The first-order valence-electron chi connectivity index (χ1n) is 4.76. The molecule has 88 valence electrons. The van der Waals surface area contributed by atoms with Crippen molar-refractivity contribution in [3.8, 4) is 0 Å². The zero-order valence-corrected chi connectivity index (χ0v) is 10.3. The van der Waals surface area contributed by atoms with Crippen molar-refractivity contribution in [1.82, 2.24) is 5.32 Å². The van der Waals surface area contributed by atoms with Gasteiger partial charge in [0, 0.05) is 18.5 Å². The summed E-state index contributed by atoms with van der Waals surface area (Å²) in [7, 11) is 0. The van der Waals surface area contributed by atoms with Crippen molar-refractivity contribution < 1.29 is 19.1 Å². The number of carbonyl (C=O) groups excluding carboxylic acids is 1. The minimum atomic E-state index is -0.869. The van der Waals surface area contributed by atoms with Crippen molar-refractivity contribution >= 4 is 27.8 Å². The maximum Gasteiger partial charge on any atom is 0.303 e. The van der Waals surface area contributed by atoms with Crippen LogP contribution in [0.2, 0.25) is 0 Å². The topological polar surface area (TPSA) is 79.5 Å². The molecule has 2 N–H and O–H groups in total. The molecule has 0 radical (unpaired) electrons. The number of carboxylic acid groups (broad SMARTS) is 1. The summed E-state index contributed by atoms with van der Waals surface area (Å²) in [4.78, 5) is 21.8. The molecule has 0 saturated heterocycles. The number of furan rings is 1. The average molecular weight is 290 g/mol. The summed E-state index contributed by atoms with van der Waals surface area (Å²) in [6.45, 7) is 2.09. The second kappa shape index (κ2) is 5.69. The van der Waals surface area contributed by atoms with Gasteiger partial charge in [0.2, 0.25) is 0 Å². The lowest BCUT2D eigenvalue weighted by molar-refractivity contribution is -0.137. The maximum absolute atomic E-state index is 11.6. The number of hydrogen-bond donors (Lipinski definition) is 2. The number of hydrogen-bond acceptors (Lipinski definition) is 3. The lowest BCUT2D eigenvalue weighted by atomic mass is 10.2. The van der Waals surface area contributed by atoms with E-state index in [9.17, 15) is 9.59 Å². The minimum absolute atomic E-state index is 0.0428. The first-order chi connectivity index (χ1) is 7.50. The summed E-state index contributed by atoms with van der Waals surface area (Å²) in [6.07, 6.45) is 0.448. The predicted octanol–water partition coefficient (Wildman–Crippen LogP) is 1.95. The van der Waals surface area contributed by atoms with Crippen molar-refractivity contribution in [2.24, 2.45) is 0 Å². The van der Waals surface area contributed by atoms with Gasteiger partial charge in [0.1, 0.15) is 0 Å². The van der Waals surface area contributed by atoms with Crippen LogP contribution in [0.1, 0.15) is 29.0 Å². The van der Waals surface area contributed by atoms with Crippen molar-refractivity contribution in [2.75, 3.05) is 6.54 Å². The van der Waals surface area contributed by atoms with E-state index in [4.69, 9.17) is 9.52 Å². The number of amides is 1. The van der Waals surface area contributed by atoms with Gasteiger partial charge in [0.15, 0.2) is 10.4 Å². The molecule has 0 spiro atoms. The Hall–Kier alpha value is -1.30. The monoisotopic (exact) mass is 289 g/mol. The van der Waals surface area contributed by atoms with Crippen LogP contribution in [0.25, 0.3) is 0 Å². The van der Waals surface area contributed by atoms with Gasteiger partial charge in [-0.05, 0) is 35.3 Å². The molecule has 1 heterocycles. The Labute approximate surface area is 101 Å². The number of carbonyl (C=O) groups is 2. The molecule has 1 aromatic heterocycles. The van der Waals surface area contributed by atoms with E-state index in [0.29, 0.717) is 17.6 Å². The fourth-order valence-electron chi connectivity index (χ4n) is 1.19.